The third-order valence-electron chi connectivity index (χ3n) is 6.17. The van der Waals surface area contributed by atoms with Gasteiger partial charge < -0.3 is 35.1 Å². The molecule has 1 aromatic carbocycles. The Hall–Kier alpha value is -3.54. The number of hydrogen-bond acceptors (Lipinski definition) is 8. The van der Waals surface area contributed by atoms with Gasteiger partial charge in [0, 0.05) is 37.6 Å². The lowest BCUT2D eigenvalue weighted by atomic mass is 10.1. The van der Waals surface area contributed by atoms with Gasteiger partial charge in [0.15, 0.2) is 5.82 Å². The molecule has 198 valence electrons. The largest absolute Gasteiger partial charge is 0.382 e. The van der Waals surface area contributed by atoms with Crippen LogP contribution in [-0.4, -0.2) is 74.5 Å². The molecule has 1 aliphatic heterocycles. The molecule has 0 spiro atoms. The van der Waals surface area contributed by atoms with Crippen molar-refractivity contribution in [1.29, 1.82) is 0 Å². The van der Waals surface area contributed by atoms with Crippen LogP contribution in [0.4, 0.5) is 5.82 Å². The van der Waals surface area contributed by atoms with Gasteiger partial charge >= 0.3 is 0 Å². The summed E-state index contributed by atoms with van der Waals surface area (Å²) in [7, 11) is 0. The fraction of sp³-hybridized carbons (Fsp3) is 0.462. The predicted octanol–water partition coefficient (Wildman–Crippen LogP) is 1.72. The van der Waals surface area contributed by atoms with Crippen LogP contribution in [0.5, 0.6) is 0 Å². The van der Waals surface area contributed by atoms with E-state index in [0.717, 1.165) is 22.2 Å². The number of nitrogens with zero attached hydrogens (tertiary/aromatic N) is 4. The van der Waals surface area contributed by atoms with Crippen LogP contribution in [0.2, 0.25) is 0 Å². The van der Waals surface area contributed by atoms with Crippen molar-refractivity contribution in [3.05, 3.63) is 42.2 Å². The van der Waals surface area contributed by atoms with Crippen molar-refractivity contribution in [3.63, 3.8) is 0 Å². The number of aromatic nitrogens is 3. The molecule has 0 aliphatic carbocycles. The monoisotopic (exact) mass is 510 g/mol. The summed E-state index contributed by atoms with van der Waals surface area (Å²) in [6, 6.07) is 7.80. The Kier molecular flexibility index (Phi) is 8.06. The number of aliphatic hydroxyl groups is 1. The van der Waals surface area contributed by atoms with Crippen LogP contribution in [0.25, 0.3) is 21.9 Å². The first-order valence-corrected chi connectivity index (χ1v) is 12.4. The number of benzene rings is 1. The van der Waals surface area contributed by atoms with E-state index in [1.54, 1.807) is 0 Å². The van der Waals surface area contributed by atoms with E-state index in [2.05, 4.69) is 14.9 Å². The smallest absolute Gasteiger partial charge is 0.248 e. The molecule has 0 radical (unpaired) electrons. The van der Waals surface area contributed by atoms with Crippen LogP contribution >= 0.6 is 0 Å². The summed E-state index contributed by atoms with van der Waals surface area (Å²) in [5.41, 5.74) is 7.97. The highest BCUT2D eigenvalue weighted by molar-refractivity contribution is 6.06. The molecule has 4 rings (SSSR count). The molecule has 37 heavy (non-hydrogen) atoms. The molecule has 1 atom stereocenters. The number of imidazole rings is 1. The summed E-state index contributed by atoms with van der Waals surface area (Å²) in [6.45, 7) is 8.01. The van der Waals surface area contributed by atoms with Crippen molar-refractivity contribution in [2.75, 3.05) is 32.0 Å². The molecule has 3 aromatic rings. The van der Waals surface area contributed by atoms with Crippen molar-refractivity contribution in [3.8, 4) is 0 Å². The summed E-state index contributed by atoms with van der Waals surface area (Å²) in [4.78, 5) is 34.4. The molecule has 3 heterocycles. The molecule has 1 unspecified atom stereocenters. The topological polar surface area (TPSA) is 145 Å². The second-order valence-electron chi connectivity index (χ2n) is 9.48. The lowest BCUT2D eigenvalue weighted by molar-refractivity contribution is -0.131. The molecule has 2 amide bonds. The Morgan fingerprint density at radius 2 is 2.05 bits per heavy atom. The normalized spacial score (nSPS) is 15.8. The van der Waals surface area contributed by atoms with Crippen LogP contribution in [0, 0.1) is 0 Å². The zero-order valence-corrected chi connectivity index (χ0v) is 21.4. The van der Waals surface area contributed by atoms with Crippen LogP contribution < -0.4 is 11.1 Å². The standard InChI is InChI=1S/C26H34N6O5/c1-4-36-15-19-30-23-24(17-7-5-6-8-18(17)29-25(23)27)32(19)16-26(2,3)37-14-12-28-20(33)11-13-31-21(34)9-10-22(31)35/h5-10,21,34H,4,11-16H2,1-3H3,(H2,27,29)(H,28,33). The molecule has 2 aromatic heterocycles. The SMILES string of the molecule is CCOCc1nc2c(N)nc3ccccc3c2n1CC(C)(C)OCCNC(=O)CCN1C(=O)C=CC1O. The fourth-order valence-electron chi connectivity index (χ4n) is 4.37. The number of nitrogens with two attached hydrogens (primary N) is 1. The summed E-state index contributed by atoms with van der Waals surface area (Å²) in [5.74, 6) is 0.583. The maximum absolute atomic E-state index is 12.2. The van der Waals surface area contributed by atoms with Gasteiger partial charge in [-0.3, -0.25) is 9.59 Å². The average molecular weight is 511 g/mol. The van der Waals surface area contributed by atoms with Gasteiger partial charge in [0.2, 0.25) is 11.8 Å². The van der Waals surface area contributed by atoms with Crippen molar-refractivity contribution in [1.82, 2.24) is 24.8 Å². The number of nitrogen functional groups attached to an aromatic ring is 1. The quantitative estimate of drug-likeness (QED) is 0.312. The molecule has 11 heteroatoms. The van der Waals surface area contributed by atoms with Gasteiger partial charge in [-0.1, -0.05) is 18.2 Å². The highest BCUT2D eigenvalue weighted by atomic mass is 16.5. The Morgan fingerprint density at radius 1 is 1.27 bits per heavy atom. The number of carbonyl (C=O) groups is 2. The number of aliphatic hydroxyl groups excluding tert-OH is 1. The third kappa shape index (κ3) is 6.07. The minimum Gasteiger partial charge on any atom is -0.382 e. The van der Waals surface area contributed by atoms with Crippen molar-refractivity contribution in [2.24, 2.45) is 0 Å². The number of nitrogens with one attached hydrogen (secondary N) is 1. The summed E-state index contributed by atoms with van der Waals surface area (Å²) >= 11 is 0. The minimum absolute atomic E-state index is 0.0955. The zero-order valence-electron chi connectivity index (χ0n) is 21.4. The van der Waals surface area contributed by atoms with Crippen molar-refractivity contribution in [2.45, 2.75) is 52.2 Å². The zero-order chi connectivity index (χ0) is 26.6. The van der Waals surface area contributed by atoms with Crippen LogP contribution in [0.1, 0.15) is 33.0 Å². The number of para-hydroxylation sites is 1. The van der Waals surface area contributed by atoms with Gasteiger partial charge in [-0.25, -0.2) is 9.97 Å². The number of anilines is 1. The molecule has 1 aliphatic rings. The van der Waals surface area contributed by atoms with Gasteiger partial charge in [0.1, 0.15) is 24.2 Å². The first-order chi connectivity index (χ1) is 17.7. The number of rotatable bonds is 12. The van der Waals surface area contributed by atoms with Gasteiger partial charge in [-0.15, -0.1) is 0 Å². The lowest BCUT2D eigenvalue weighted by Gasteiger charge is -2.27. The highest BCUT2D eigenvalue weighted by Crippen LogP contribution is 2.30. The lowest BCUT2D eigenvalue weighted by Crippen LogP contribution is -2.38. The Bertz CT molecular complexity index is 1320. The first-order valence-electron chi connectivity index (χ1n) is 12.4. The molecular weight excluding hydrogens is 476 g/mol. The number of carbonyl (C=O) groups excluding carboxylic acids is 2. The molecule has 0 saturated carbocycles. The predicted molar refractivity (Wildman–Crippen MR) is 139 cm³/mol. The average Bonchev–Trinajstić information content (AvgIpc) is 3.38. The number of amides is 2. The van der Waals surface area contributed by atoms with Crippen molar-refractivity contribution >= 4 is 39.6 Å². The molecule has 11 nitrogen and oxygen atoms in total. The van der Waals surface area contributed by atoms with E-state index in [1.165, 1.54) is 17.1 Å². The van der Waals surface area contributed by atoms with Crippen LogP contribution in [0.3, 0.4) is 0 Å². The van der Waals surface area contributed by atoms with E-state index in [-0.39, 0.29) is 24.8 Å². The fourth-order valence-corrected chi connectivity index (χ4v) is 4.37. The molecule has 0 bridgehead atoms. The first kappa shape index (κ1) is 26.5. The maximum Gasteiger partial charge on any atom is 0.248 e. The Morgan fingerprint density at radius 3 is 2.78 bits per heavy atom. The van der Waals surface area contributed by atoms with Gasteiger partial charge in [0.25, 0.3) is 0 Å². The maximum atomic E-state index is 12.2. The second-order valence-corrected chi connectivity index (χ2v) is 9.48. The van der Waals surface area contributed by atoms with E-state index in [9.17, 15) is 14.7 Å². The van der Waals surface area contributed by atoms with E-state index >= 15 is 0 Å². The molecule has 0 saturated heterocycles. The van der Waals surface area contributed by atoms with E-state index in [0.29, 0.717) is 44.2 Å². The molecule has 4 N–H and O–H groups in total. The molecular formula is C26H34N6O5. The van der Waals surface area contributed by atoms with E-state index < -0.39 is 11.8 Å². The van der Waals surface area contributed by atoms with E-state index in [4.69, 9.17) is 20.2 Å². The highest BCUT2D eigenvalue weighted by Gasteiger charge is 2.26. The van der Waals surface area contributed by atoms with E-state index in [1.807, 2.05) is 45.0 Å². The number of hydrogen-bond donors (Lipinski definition) is 3. The Balaban J connectivity index is 1.40. The van der Waals surface area contributed by atoms with Crippen LogP contribution in [0.15, 0.2) is 36.4 Å². The van der Waals surface area contributed by atoms with Gasteiger partial charge in [-0.05, 0) is 32.9 Å². The van der Waals surface area contributed by atoms with Crippen molar-refractivity contribution < 1.29 is 24.2 Å². The second kappa shape index (κ2) is 11.2. The number of ether oxygens (including phenoxy) is 2. The number of fused-ring (bicyclic) bond motifs is 3. The minimum atomic E-state index is -0.973. The third-order valence-corrected chi connectivity index (χ3v) is 6.17. The van der Waals surface area contributed by atoms with Crippen LogP contribution in [-0.2, 0) is 32.2 Å². The summed E-state index contributed by atoms with van der Waals surface area (Å²) < 4.78 is 13.9. The van der Waals surface area contributed by atoms with Gasteiger partial charge in [0.05, 0.1) is 29.8 Å². The summed E-state index contributed by atoms with van der Waals surface area (Å²) in [5, 5.41) is 13.5. The number of pyridine rings is 1. The molecule has 0 fully saturated rings. The Labute approximate surface area is 215 Å². The van der Waals surface area contributed by atoms with Gasteiger partial charge in [-0.2, -0.15) is 0 Å². The summed E-state index contributed by atoms with van der Waals surface area (Å²) in [6.07, 6.45) is 1.82.